The maximum atomic E-state index is 11.6. The standard InChI is InChI=1S/C10H13ClN2O2/c1-4-15-10(14)8-7(12-3)5-6(2)13-9(8)11/h5H,4H2,1-3H3,(H,12,13). The van der Waals surface area contributed by atoms with Crippen molar-refractivity contribution in [2.24, 2.45) is 0 Å². The van der Waals surface area contributed by atoms with Crippen LogP contribution in [-0.4, -0.2) is 24.6 Å². The number of rotatable bonds is 3. The molecule has 0 saturated carbocycles. The van der Waals surface area contributed by atoms with Gasteiger partial charge in [0, 0.05) is 12.7 Å². The molecular weight excluding hydrogens is 216 g/mol. The number of halogens is 1. The number of aromatic nitrogens is 1. The van der Waals surface area contributed by atoms with E-state index in [1.807, 2.05) is 6.92 Å². The highest BCUT2D eigenvalue weighted by atomic mass is 35.5. The number of carbonyl (C=O) groups is 1. The Morgan fingerprint density at radius 2 is 2.33 bits per heavy atom. The topological polar surface area (TPSA) is 51.2 Å². The molecule has 5 heteroatoms. The van der Waals surface area contributed by atoms with E-state index in [1.54, 1.807) is 20.0 Å². The zero-order valence-electron chi connectivity index (χ0n) is 8.93. The average Bonchev–Trinajstić information content (AvgIpc) is 2.16. The Labute approximate surface area is 93.6 Å². The van der Waals surface area contributed by atoms with Gasteiger partial charge in [-0.25, -0.2) is 9.78 Å². The minimum atomic E-state index is -0.459. The molecule has 1 N–H and O–H groups in total. The lowest BCUT2D eigenvalue weighted by molar-refractivity contribution is 0.0527. The SMILES string of the molecule is CCOC(=O)c1c(NC)cc(C)nc1Cl. The third-order valence-electron chi connectivity index (χ3n) is 1.85. The third-order valence-corrected chi connectivity index (χ3v) is 2.13. The van der Waals surface area contributed by atoms with Gasteiger partial charge in [0.15, 0.2) is 0 Å². The third kappa shape index (κ3) is 2.59. The Bertz CT molecular complexity index is 380. The van der Waals surface area contributed by atoms with E-state index in [0.717, 1.165) is 5.69 Å². The van der Waals surface area contributed by atoms with Crippen LogP contribution in [0.25, 0.3) is 0 Å². The number of hydrogen-bond donors (Lipinski definition) is 1. The number of aryl methyl sites for hydroxylation is 1. The Morgan fingerprint density at radius 3 is 2.87 bits per heavy atom. The Balaban J connectivity index is 3.20. The number of nitrogens with zero attached hydrogens (tertiary/aromatic N) is 1. The number of carbonyl (C=O) groups excluding carboxylic acids is 1. The van der Waals surface area contributed by atoms with E-state index in [4.69, 9.17) is 16.3 Å². The summed E-state index contributed by atoms with van der Waals surface area (Å²) in [6, 6.07) is 1.75. The number of hydrogen-bond acceptors (Lipinski definition) is 4. The van der Waals surface area contributed by atoms with Gasteiger partial charge in [-0.15, -0.1) is 0 Å². The van der Waals surface area contributed by atoms with Crippen LogP contribution in [0.4, 0.5) is 5.69 Å². The van der Waals surface area contributed by atoms with Gasteiger partial charge in [0.1, 0.15) is 10.7 Å². The molecule has 0 fully saturated rings. The number of esters is 1. The van der Waals surface area contributed by atoms with Gasteiger partial charge in [-0.1, -0.05) is 11.6 Å². The molecule has 0 bridgehead atoms. The molecule has 1 rings (SSSR count). The minimum absolute atomic E-state index is 0.165. The zero-order chi connectivity index (χ0) is 11.4. The molecule has 0 atom stereocenters. The van der Waals surface area contributed by atoms with Crippen molar-refractivity contribution in [1.29, 1.82) is 0 Å². The highest BCUT2D eigenvalue weighted by Crippen LogP contribution is 2.24. The van der Waals surface area contributed by atoms with Gasteiger partial charge < -0.3 is 10.1 Å². The van der Waals surface area contributed by atoms with Gasteiger partial charge in [-0.3, -0.25) is 0 Å². The fraction of sp³-hybridized carbons (Fsp3) is 0.400. The summed E-state index contributed by atoms with van der Waals surface area (Å²) < 4.78 is 4.89. The normalized spacial score (nSPS) is 9.87. The van der Waals surface area contributed by atoms with E-state index >= 15 is 0 Å². The van der Waals surface area contributed by atoms with Crippen molar-refractivity contribution in [3.05, 3.63) is 22.5 Å². The Morgan fingerprint density at radius 1 is 1.67 bits per heavy atom. The van der Waals surface area contributed by atoms with Gasteiger partial charge in [-0.05, 0) is 19.9 Å². The lowest BCUT2D eigenvalue weighted by Gasteiger charge is -2.10. The molecule has 0 radical (unpaired) electrons. The highest BCUT2D eigenvalue weighted by molar-refractivity contribution is 6.33. The predicted molar refractivity (Wildman–Crippen MR) is 59.5 cm³/mol. The lowest BCUT2D eigenvalue weighted by atomic mass is 10.2. The molecule has 0 aromatic carbocycles. The summed E-state index contributed by atoms with van der Waals surface area (Å²) >= 11 is 5.89. The first-order valence-corrected chi connectivity index (χ1v) is 5.00. The van der Waals surface area contributed by atoms with Crippen LogP contribution in [0, 0.1) is 6.92 Å². The molecule has 15 heavy (non-hydrogen) atoms. The quantitative estimate of drug-likeness (QED) is 0.637. The number of ether oxygens (including phenoxy) is 1. The van der Waals surface area contributed by atoms with Crippen molar-refractivity contribution in [2.45, 2.75) is 13.8 Å². The summed E-state index contributed by atoms with van der Waals surface area (Å²) in [7, 11) is 1.72. The predicted octanol–water partition coefficient (Wildman–Crippen LogP) is 2.26. The van der Waals surface area contributed by atoms with E-state index in [9.17, 15) is 4.79 Å². The Hall–Kier alpha value is -1.29. The van der Waals surface area contributed by atoms with Gasteiger partial charge in [0.25, 0.3) is 0 Å². The van der Waals surface area contributed by atoms with Gasteiger partial charge in [-0.2, -0.15) is 0 Å². The van der Waals surface area contributed by atoms with E-state index in [0.29, 0.717) is 12.3 Å². The fourth-order valence-electron chi connectivity index (χ4n) is 1.23. The molecule has 0 spiro atoms. The minimum Gasteiger partial charge on any atom is -0.462 e. The van der Waals surface area contributed by atoms with Crippen LogP contribution in [0.15, 0.2) is 6.07 Å². The monoisotopic (exact) mass is 228 g/mol. The Kier molecular flexibility index (Phi) is 3.91. The van der Waals surface area contributed by atoms with Crippen LogP contribution in [0.3, 0.4) is 0 Å². The number of pyridine rings is 1. The number of nitrogens with one attached hydrogen (secondary N) is 1. The summed E-state index contributed by atoms with van der Waals surface area (Å²) in [6.07, 6.45) is 0. The highest BCUT2D eigenvalue weighted by Gasteiger charge is 2.17. The van der Waals surface area contributed by atoms with Crippen LogP contribution < -0.4 is 5.32 Å². The molecule has 0 unspecified atom stereocenters. The van der Waals surface area contributed by atoms with E-state index < -0.39 is 5.97 Å². The average molecular weight is 229 g/mol. The van der Waals surface area contributed by atoms with Crippen LogP contribution >= 0.6 is 11.6 Å². The van der Waals surface area contributed by atoms with Crippen LogP contribution in [0.2, 0.25) is 5.15 Å². The summed E-state index contributed by atoms with van der Waals surface area (Å²) in [5.74, 6) is -0.459. The van der Waals surface area contributed by atoms with Gasteiger partial charge in [0.2, 0.25) is 0 Å². The largest absolute Gasteiger partial charge is 0.462 e. The second-order valence-corrected chi connectivity index (χ2v) is 3.31. The van der Waals surface area contributed by atoms with Crippen molar-refractivity contribution < 1.29 is 9.53 Å². The summed E-state index contributed by atoms with van der Waals surface area (Å²) in [5, 5.41) is 3.06. The molecule has 0 aliphatic rings. The summed E-state index contributed by atoms with van der Waals surface area (Å²) in [6.45, 7) is 3.86. The van der Waals surface area contributed by atoms with Crippen LogP contribution in [-0.2, 0) is 4.74 Å². The summed E-state index contributed by atoms with van der Waals surface area (Å²) in [5.41, 5.74) is 1.66. The molecule has 0 aliphatic heterocycles. The second-order valence-electron chi connectivity index (χ2n) is 2.95. The first kappa shape index (κ1) is 11.8. The van der Waals surface area contributed by atoms with Crippen LogP contribution in [0.1, 0.15) is 23.0 Å². The maximum Gasteiger partial charge on any atom is 0.343 e. The first-order chi connectivity index (χ1) is 7.10. The van der Waals surface area contributed by atoms with Crippen LogP contribution in [0.5, 0.6) is 0 Å². The zero-order valence-corrected chi connectivity index (χ0v) is 9.68. The van der Waals surface area contributed by atoms with Crippen molar-refractivity contribution >= 4 is 23.3 Å². The van der Waals surface area contributed by atoms with Crippen molar-refractivity contribution in [2.75, 3.05) is 19.0 Å². The van der Waals surface area contributed by atoms with Crippen molar-refractivity contribution in [3.8, 4) is 0 Å². The fourth-order valence-corrected chi connectivity index (χ4v) is 1.54. The molecule has 0 aliphatic carbocycles. The molecular formula is C10H13ClN2O2. The molecule has 0 saturated heterocycles. The van der Waals surface area contributed by atoms with E-state index in [1.165, 1.54) is 0 Å². The first-order valence-electron chi connectivity index (χ1n) is 4.62. The van der Waals surface area contributed by atoms with Crippen molar-refractivity contribution in [1.82, 2.24) is 4.98 Å². The second kappa shape index (κ2) is 4.98. The molecule has 0 amide bonds. The molecule has 4 nitrogen and oxygen atoms in total. The lowest BCUT2D eigenvalue weighted by Crippen LogP contribution is -2.10. The van der Waals surface area contributed by atoms with Gasteiger partial charge >= 0.3 is 5.97 Å². The molecule has 1 aromatic heterocycles. The number of anilines is 1. The molecule has 1 aromatic rings. The van der Waals surface area contributed by atoms with Crippen molar-refractivity contribution in [3.63, 3.8) is 0 Å². The molecule has 82 valence electrons. The summed E-state index contributed by atoms with van der Waals surface area (Å²) in [4.78, 5) is 15.6. The van der Waals surface area contributed by atoms with E-state index in [-0.39, 0.29) is 10.7 Å². The van der Waals surface area contributed by atoms with E-state index in [2.05, 4.69) is 10.3 Å². The smallest absolute Gasteiger partial charge is 0.343 e. The molecule has 1 heterocycles. The maximum absolute atomic E-state index is 11.6. The van der Waals surface area contributed by atoms with Gasteiger partial charge in [0.05, 0.1) is 12.3 Å².